The van der Waals surface area contributed by atoms with Crippen LogP contribution in [0.4, 0.5) is 4.79 Å². The Morgan fingerprint density at radius 2 is 1.30 bits per heavy atom. The predicted octanol–water partition coefficient (Wildman–Crippen LogP) is 4.80. The van der Waals surface area contributed by atoms with E-state index in [0.717, 1.165) is 0 Å². The van der Waals surface area contributed by atoms with Crippen LogP contribution in [0.15, 0.2) is 30.3 Å². The van der Waals surface area contributed by atoms with E-state index >= 15 is 0 Å². The Hall–Kier alpha value is -3.19. The smallest absolute Gasteiger partial charge is 0.422 e. The molecule has 43 heavy (non-hydrogen) atoms. The number of nitrogens with zero attached hydrogens (tertiary/aromatic N) is 1. The number of amides is 1. The molecule has 0 heterocycles. The van der Waals surface area contributed by atoms with E-state index in [0.29, 0.717) is 22.7 Å². The normalized spacial score (nSPS) is 13.2. The molecule has 12 nitrogen and oxygen atoms in total. The van der Waals surface area contributed by atoms with Crippen molar-refractivity contribution in [2.45, 2.75) is 124 Å². The fraction of sp³-hybridized carbons (Fsp3) is 0.667. The minimum absolute atomic E-state index is 0.113. The highest BCUT2D eigenvalue weighted by atomic mass is 32.2. The average Bonchev–Trinajstić information content (AvgIpc) is 2.80. The molecule has 0 aromatic heterocycles. The number of carbonyl (C=O) groups is 4. The van der Waals surface area contributed by atoms with Gasteiger partial charge in [0.25, 0.3) is 0 Å². The van der Waals surface area contributed by atoms with Gasteiger partial charge in [-0.15, -0.1) is 0 Å². The highest BCUT2D eigenvalue weighted by molar-refractivity contribution is 7.87. The first-order valence-electron chi connectivity index (χ1n) is 14.2. The van der Waals surface area contributed by atoms with Crippen LogP contribution in [0.2, 0.25) is 0 Å². The SMILES string of the molecule is CC(C)(C)OC(=O)CCCCCN(C(CC(=O)OC(C)(C)C)C(=O)OC(C)(C)C)S(=O)(=O)NC(=O)OCc1ccccc1. The summed E-state index contributed by atoms with van der Waals surface area (Å²) in [5.74, 6) is -2.22. The fourth-order valence-electron chi connectivity index (χ4n) is 3.68. The van der Waals surface area contributed by atoms with Gasteiger partial charge in [-0.2, -0.15) is 12.7 Å². The number of nitrogens with one attached hydrogen (secondary N) is 1. The van der Waals surface area contributed by atoms with Crippen molar-refractivity contribution in [3.05, 3.63) is 35.9 Å². The Morgan fingerprint density at radius 1 is 0.767 bits per heavy atom. The lowest BCUT2D eigenvalue weighted by Gasteiger charge is -2.32. The molecule has 1 rings (SSSR count). The minimum Gasteiger partial charge on any atom is -0.460 e. The largest absolute Gasteiger partial charge is 0.460 e. The maximum Gasteiger partial charge on any atom is 0.422 e. The third-order valence-electron chi connectivity index (χ3n) is 5.22. The second-order valence-electron chi connectivity index (χ2n) is 13.0. The number of unbranched alkanes of at least 4 members (excludes halogenated alkanes) is 2. The van der Waals surface area contributed by atoms with Crippen molar-refractivity contribution in [2.75, 3.05) is 6.54 Å². The number of esters is 3. The number of carbonyl (C=O) groups excluding carboxylic acids is 4. The summed E-state index contributed by atoms with van der Waals surface area (Å²) >= 11 is 0. The predicted molar refractivity (Wildman–Crippen MR) is 160 cm³/mol. The van der Waals surface area contributed by atoms with Crippen molar-refractivity contribution in [1.29, 1.82) is 0 Å². The van der Waals surface area contributed by atoms with Crippen LogP contribution in [0.3, 0.4) is 0 Å². The van der Waals surface area contributed by atoms with Crippen molar-refractivity contribution in [3.63, 3.8) is 0 Å². The van der Waals surface area contributed by atoms with Crippen LogP contribution < -0.4 is 4.72 Å². The van der Waals surface area contributed by atoms with Crippen LogP contribution in [0.5, 0.6) is 0 Å². The van der Waals surface area contributed by atoms with Crippen molar-refractivity contribution < 1.29 is 46.5 Å². The molecule has 0 saturated heterocycles. The van der Waals surface area contributed by atoms with Gasteiger partial charge in [-0.1, -0.05) is 36.8 Å². The zero-order valence-electron chi connectivity index (χ0n) is 26.9. The molecule has 1 N–H and O–H groups in total. The Kier molecular flexibility index (Phi) is 14.1. The average molecular weight is 629 g/mol. The van der Waals surface area contributed by atoms with Gasteiger partial charge in [-0.05, 0) is 80.7 Å². The first kappa shape index (κ1) is 37.8. The summed E-state index contributed by atoms with van der Waals surface area (Å²) in [4.78, 5) is 50.7. The molecule has 0 spiro atoms. The summed E-state index contributed by atoms with van der Waals surface area (Å²) < 4.78 is 50.8. The maximum atomic E-state index is 13.5. The summed E-state index contributed by atoms with van der Waals surface area (Å²) in [5, 5.41) is 0. The number of rotatable bonds is 14. The molecule has 0 aliphatic carbocycles. The standard InChI is InChI=1S/C30H48N2O10S/c1-28(2,3)40-24(33)18-14-11-15-19-32(43(37,38)31-27(36)39-21-22-16-12-10-13-17-22)23(26(35)42-30(7,8)9)20-25(34)41-29(4,5)6/h10,12-13,16-17,23H,11,14-15,18-21H2,1-9H3,(H,31,36). The Balaban J connectivity index is 3.20. The first-order chi connectivity index (χ1) is 19.6. The lowest BCUT2D eigenvalue weighted by atomic mass is 10.1. The van der Waals surface area contributed by atoms with E-state index < -0.39 is 63.5 Å². The second kappa shape index (κ2) is 16.0. The van der Waals surface area contributed by atoms with Crippen LogP contribution in [-0.2, 0) is 50.1 Å². The molecule has 0 fully saturated rings. The van der Waals surface area contributed by atoms with Gasteiger partial charge in [0.2, 0.25) is 0 Å². The summed E-state index contributed by atoms with van der Waals surface area (Å²) in [6.07, 6.45) is -0.850. The van der Waals surface area contributed by atoms with Crippen LogP contribution in [-0.4, -0.2) is 66.1 Å². The zero-order chi connectivity index (χ0) is 33.1. The molecule has 1 unspecified atom stereocenters. The molecule has 1 amide bonds. The summed E-state index contributed by atoms with van der Waals surface area (Å²) in [5.41, 5.74) is -1.91. The molecule has 1 aromatic rings. The van der Waals surface area contributed by atoms with E-state index in [1.165, 1.54) is 0 Å². The molecular formula is C30H48N2O10S. The van der Waals surface area contributed by atoms with E-state index in [1.807, 2.05) is 4.72 Å². The maximum absolute atomic E-state index is 13.5. The Morgan fingerprint density at radius 3 is 1.84 bits per heavy atom. The molecule has 0 bridgehead atoms. The second-order valence-corrected chi connectivity index (χ2v) is 14.6. The molecule has 1 atom stereocenters. The topological polar surface area (TPSA) is 155 Å². The lowest BCUT2D eigenvalue weighted by molar-refractivity contribution is -0.166. The molecular weight excluding hydrogens is 580 g/mol. The molecule has 0 radical (unpaired) electrons. The Bertz CT molecular complexity index is 1180. The first-order valence-corrected chi connectivity index (χ1v) is 15.7. The van der Waals surface area contributed by atoms with Gasteiger partial charge in [0.1, 0.15) is 29.5 Å². The van der Waals surface area contributed by atoms with Crippen molar-refractivity contribution >= 4 is 34.2 Å². The molecule has 1 aromatic carbocycles. The zero-order valence-corrected chi connectivity index (χ0v) is 27.7. The van der Waals surface area contributed by atoms with Gasteiger partial charge in [-0.25, -0.2) is 9.52 Å². The summed E-state index contributed by atoms with van der Waals surface area (Å²) in [6.45, 7) is 14.5. The van der Waals surface area contributed by atoms with Crippen molar-refractivity contribution in [3.8, 4) is 0 Å². The van der Waals surface area contributed by atoms with Gasteiger partial charge in [0, 0.05) is 13.0 Å². The van der Waals surface area contributed by atoms with Crippen molar-refractivity contribution in [1.82, 2.24) is 9.03 Å². The van der Waals surface area contributed by atoms with Gasteiger partial charge < -0.3 is 18.9 Å². The molecule has 0 saturated carbocycles. The van der Waals surface area contributed by atoms with Gasteiger partial charge in [-0.3, -0.25) is 14.4 Å². The minimum atomic E-state index is -4.73. The van der Waals surface area contributed by atoms with E-state index in [1.54, 1.807) is 92.6 Å². The number of hydrogen-bond acceptors (Lipinski definition) is 10. The number of hydrogen-bond donors (Lipinski definition) is 1. The van der Waals surface area contributed by atoms with Crippen LogP contribution >= 0.6 is 0 Å². The third-order valence-corrected chi connectivity index (χ3v) is 6.70. The number of benzene rings is 1. The lowest BCUT2D eigenvalue weighted by Crippen LogP contribution is -2.53. The molecule has 244 valence electrons. The van der Waals surface area contributed by atoms with Gasteiger partial charge >= 0.3 is 34.2 Å². The molecule has 0 aliphatic rings. The molecule has 0 aliphatic heterocycles. The van der Waals surface area contributed by atoms with E-state index in [4.69, 9.17) is 18.9 Å². The fourth-order valence-corrected chi connectivity index (χ4v) is 4.93. The summed E-state index contributed by atoms with van der Waals surface area (Å²) in [6, 6.07) is 7.00. The monoisotopic (exact) mass is 628 g/mol. The quantitative estimate of drug-likeness (QED) is 0.173. The van der Waals surface area contributed by atoms with Gasteiger partial charge in [0.05, 0.1) is 6.42 Å². The van der Waals surface area contributed by atoms with Crippen molar-refractivity contribution in [2.24, 2.45) is 0 Å². The Labute approximate surface area is 255 Å². The van der Waals surface area contributed by atoms with Crippen LogP contribution in [0, 0.1) is 0 Å². The molecule has 13 heteroatoms. The van der Waals surface area contributed by atoms with E-state index in [2.05, 4.69) is 0 Å². The van der Waals surface area contributed by atoms with E-state index in [9.17, 15) is 27.6 Å². The third kappa shape index (κ3) is 16.9. The number of ether oxygens (including phenoxy) is 4. The van der Waals surface area contributed by atoms with Gasteiger partial charge in [0.15, 0.2) is 0 Å². The van der Waals surface area contributed by atoms with Crippen LogP contribution in [0.25, 0.3) is 0 Å². The highest BCUT2D eigenvalue weighted by Crippen LogP contribution is 2.20. The highest BCUT2D eigenvalue weighted by Gasteiger charge is 2.40. The summed E-state index contributed by atoms with van der Waals surface area (Å²) in [7, 11) is -4.73. The van der Waals surface area contributed by atoms with E-state index in [-0.39, 0.29) is 26.0 Å². The van der Waals surface area contributed by atoms with Crippen LogP contribution in [0.1, 0.15) is 100.0 Å².